The molecule has 27 heavy (non-hydrogen) atoms. The summed E-state index contributed by atoms with van der Waals surface area (Å²) in [6.45, 7) is 4.37. The van der Waals surface area contributed by atoms with Gasteiger partial charge in [-0.3, -0.25) is 9.78 Å². The molecule has 0 spiro atoms. The van der Waals surface area contributed by atoms with Gasteiger partial charge in [0.1, 0.15) is 17.3 Å². The van der Waals surface area contributed by atoms with Crippen LogP contribution in [0.2, 0.25) is 0 Å². The van der Waals surface area contributed by atoms with Crippen molar-refractivity contribution in [3.05, 3.63) is 40.9 Å². The van der Waals surface area contributed by atoms with Gasteiger partial charge >= 0.3 is 0 Å². The highest BCUT2D eigenvalue weighted by molar-refractivity contribution is 5.92. The molecule has 1 aliphatic heterocycles. The van der Waals surface area contributed by atoms with Crippen LogP contribution in [0.1, 0.15) is 58.9 Å². The zero-order chi connectivity index (χ0) is 18.6. The number of nitrogens with zero attached hydrogens (tertiary/aromatic N) is 5. The fourth-order valence-electron chi connectivity index (χ4n) is 3.89. The third-order valence-electron chi connectivity index (χ3n) is 5.34. The van der Waals surface area contributed by atoms with Crippen molar-refractivity contribution in [1.29, 1.82) is 0 Å². The van der Waals surface area contributed by atoms with Gasteiger partial charge in [-0.1, -0.05) is 0 Å². The molecule has 0 aromatic carbocycles. The Bertz CT molecular complexity index is 831. The van der Waals surface area contributed by atoms with E-state index in [2.05, 4.69) is 27.2 Å². The zero-order valence-corrected chi connectivity index (χ0v) is 15.9. The first-order valence-electron chi connectivity index (χ1n) is 9.91. The quantitative estimate of drug-likeness (QED) is 0.874. The first-order chi connectivity index (χ1) is 13.2. The first-order valence-corrected chi connectivity index (χ1v) is 9.91. The fourth-order valence-corrected chi connectivity index (χ4v) is 3.89. The SMILES string of the molecule is Cc1nc(CCNc2cncc(C(=O)N3CCCC3)n2)nc2c1CCCC2. The normalized spacial score (nSPS) is 16.3. The summed E-state index contributed by atoms with van der Waals surface area (Å²) in [5.41, 5.74) is 4.09. The Morgan fingerprint density at radius 1 is 1.07 bits per heavy atom. The van der Waals surface area contributed by atoms with Crippen molar-refractivity contribution in [2.75, 3.05) is 25.0 Å². The summed E-state index contributed by atoms with van der Waals surface area (Å²) in [7, 11) is 0. The molecule has 3 heterocycles. The second-order valence-electron chi connectivity index (χ2n) is 7.32. The second-order valence-corrected chi connectivity index (χ2v) is 7.32. The number of anilines is 1. The molecule has 0 bridgehead atoms. The van der Waals surface area contributed by atoms with E-state index >= 15 is 0 Å². The van der Waals surface area contributed by atoms with Crippen LogP contribution in [-0.2, 0) is 19.3 Å². The van der Waals surface area contributed by atoms with Gasteiger partial charge in [0.25, 0.3) is 5.91 Å². The number of hydrogen-bond acceptors (Lipinski definition) is 6. The number of nitrogens with one attached hydrogen (secondary N) is 1. The largest absolute Gasteiger partial charge is 0.368 e. The maximum absolute atomic E-state index is 12.4. The lowest BCUT2D eigenvalue weighted by atomic mass is 9.95. The molecule has 7 nitrogen and oxygen atoms in total. The molecule has 142 valence electrons. The average Bonchev–Trinajstić information content (AvgIpc) is 3.22. The Balaban J connectivity index is 1.37. The molecule has 0 saturated carbocycles. The molecular formula is C20H26N6O. The van der Waals surface area contributed by atoms with Crippen molar-refractivity contribution in [2.24, 2.45) is 0 Å². The van der Waals surface area contributed by atoms with E-state index in [0.29, 0.717) is 18.1 Å². The molecule has 1 saturated heterocycles. The van der Waals surface area contributed by atoms with Gasteiger partial charge in [-0.15, -0.1) is 0 Å². The first kappa shape index (κ1) is 17.8. The Morgan fingerprint density at radius 2 is 1.89 bits per heavy atom. The molecule has 1 N–H and O–H groups in total. The van der Waals surface area contributed by atoms with E-state index in [-0.39, 0.29) is 5.91 Å². The van der Waals surface area contributed by atoms with Gasteiger partial charge in [-0.25, -0.2) is 15.0 Å². The number of rotatable bonds is 5. The topological polar surface area (TPSA) is 83.9 Å². The average molecular weight is 366 g/mol. The molecule has 4 rings (SSSR count). The third-order valence-corrected chi connectivity index (χ3v) is 5.34. The molecule has 0 atom stereocenters. The van der Waals surface area contributed by atoms with Crippen LogP contribution in [0.5, 0.6) is 0 Å². The maximum atomic E-state index is 12.4. The van der Waals surface area contributed by atoms with E-state index < -0.39 is 0 Å². The van der Waals surface area contributed by atoms with Crippen LogP contribution < -0.4 is 5.32 Å². The van der Waals surface area contributed by atoms with Crippen LogP contribution in [0.3, 0.4) is 0 Å². The van der Waals surface area contributed by atoms with E-state index in [4.69, 9.17) is 4.98 Å². The summed E-state index contributed by atoms with van der Waals surface area (Å²) >= 11 is 0. The van der Waals surface area contributed by atoms with Gasteiger partial charge < -0.3 is 10.2 Å². The number of fused-ring (bicyclic) bond motifs is 1. The summed E-state index contributed by atoms with van der Waals surface area (Å²) in [5.74, 6) is 1.46. The highest BCUT2D eigenvalue weighted by Crippen LogP contribution is 2.21. The number of carbonyl (C=O) groups is 1. The third kappa shape index (κ3) is 4.07. The molecular weight excluding hydrogens is 340 g/mol. The number of aromatic nitrogens is 4. The molecule has 2 aromatic rings. The van der Waals surface area contributed by atoms with Gasteiger partial charge in [0.2, 0.25) is 0 Å². The lowest BCUT2D eigenvalue weighted by Gasteiger charge is -2.17. The van der Waals surface area contributed by atoms with Crippen LogP contribution in [0.15, 0.2) is 12.4 Å². The predicted octanol–water partition coefficient (Wildman–Crippen LogP) is 2.34. The number of amides is 1. The lowest BCUT2D eigenvalue weighted by molar-refractivity contribution is 0.0786. The van der Waals surface area contributed by atoms with Crippen molar-refractivity contribution in [2.45, 2.75) is 51.9 Å². The highest BCUT2D eigenvalue weighted by Gasteiger charge is 2.21. The Kier molecular flexibility index (Phi) is 5.27. The Labute approximate surface area is 159 Å². The molecule has 0 radical (unpaired) electrons. The van der Waals surface area contributed by atoms with Crippen LogP contribution in [0.4, 0.5) is 5.82 Å². The number of aryl methyl sites for hydroxylation is 2. The predicted molar refractivity (Wildman–Crippen MR) is 103 cm³/mol. The zero-order valence-electron chi connectivity index (χ0n) is 15.9. The smallest absolute Gasteiger partial charge is 0.274 e. The van der Waals surface area contributed by atoms with Crippen LogP contribution in [-0.4, -0.2) is 50.4 Å². The summed E-state index contributed by atoms with van der Waals surface area (Å²) in [4.78, 5) is 32.3. The monoisotopic (exact) mass is 366 g/mol. The van der Waals surface area contributed by atoms with Crippen LogP contribution >= 0.6 is 0 Å². The Hall–Kier alpha value is -2.57. The maximum Gasteiger partial charge on any atom is 0.274 e. The van der Waals surface area contributed by atoms with Gasteiger partial charge in [0, 0.05) is 37.4 Å². The van der Waals surface area contributed by atoms with Gasteiger partial charge in [-0.2, -0.15) is 0 Å². The van der Waals surface area contributed by atoms with Crippen LogP contribution in [0.25, 0.3) is 0 Å². The molecule has 1 amide bonds. The Morgan fingerprint density at radius 3 is 2.74 bits per heavy atom. The van der Waals surface area contributed by atoms with Crippen molar-refractivity contribution >= 4 is 11.7 Å². The minimum atomic E-state index is -0.0303. The molecule has 1 fully saturated rings. The van der Waals surface area contributed by atoms with Crippen molar-refractivity contribution in [3.63, 3.8) is 0 Å². The second kappa shape index (κ2) is 7.98. The van der Waals surface area contributed by atoms with E-state index in [1.807, 2.05) is 4.90 Å². The van der Waals surface area contributed by atoms with Crippen molar-refractivity contribution in [1.82, 2.24) is 24.8 Å². The van der Waals surface area contributed by atoms with Crippen molar-refractivity contribution < 1.29 is 4.79 Å². The summed E-state index contributed by atoms with van der Waals surface area (Å²) in [5, 5.41) is 3.25. The standard InChI is InChI=1S/C20H26N6O/c1-14-15-6-2-3-7-16(15)24-18(23-14)8-9-22-19-13-21-12-17(25-19)20(27)26-10-4-5-11-26/h12-13H,2-11H2,1H3,(H,22,25). The van der Waals surface area contributed by atoms with Gasteiger partial charge in [-0.05, 0) is 51.0 Å². The van der Waals surface area contributed by atoms with E-state index in [0.717, 1.165) is 56.7 Å². The van der Waals surface area contributed by atoms with Crippen molar-refractivity contribution in [3.8, 4) is 0 Å². The minimum Gasteiger partial charge on any atom is -0.368 e. The van der Waals surface area contributed by atoms with E-state index in [1.165, 1.54) is 24.1 Å². The highest BCUT2D eigenvalue weighted by atomic mass is 16.2. The summed E-state index contributed by atoms with van der Waals surface area (Å²) < 4.78 is 0. The van der Waals surface area contributed by atoms with Crippen LogP contribution in [0, 0.1) is 6.92 Å². The summed E-state index contributed by atoms with van der Waals surface area (Å²) in [6.07, 6.45) is 10.7. The number of likely N-dealkylation sites (tertiary alicyclic amines) is 1. The minimum absolute atomic E-state index is 0.0303. The van der Waals surface area contributed by atoms with Gasteiger partial charge in [0.15, 0.2) is 0 Å². The molecule has 1 aliphatic carbocycles. The van der Waals surface area contributed by atoms with E-state index in [1.54, 1.807) is 12.4 Å². The van der Waals surface area contributed by atoms with Gasteiger partial charge in [0.05, 0.1) is 12.4 Å². The molecule has 0 unspecified atom stereocenters. The summed E-state index contributed by atoms with van der Waals surface area (Å²) in [6, 6.07) is 0. The molecule has 2 aliphatic rings. The number of hydrogen-bond donors (Lipinski definition) is 1. The lowest BCUT2D eigenvalue weighted by Crippen LogP contribution is -2.28. The number of carbonyl (C=O) groups excluding carboxylic acids is 1. The fraction of sp³-hybridized carbons (Fsp3) is 0.550. The molecule has 7 heteroatoms. The van der Waals surface area contributed by atoms with E-state index in [9.17, 15) is 4.79 Å². The molecule has 2 aromatic heterocycles.